The molecule has 0 aliphatic carbocycles. The third-order valence-electron chi connectivity index (χ3n) is 3.47. The Morgan fingerprint density at radius 2 is 2.19 bits per heavy atom. The number of carboxylic acids is 1. The smallest absolute Gasteiger partial charge is 0.325 e. The number of nitrogens with one attached hydrogen (secondary N) is 1. The molecule has 2 rings (SSSR count). The van der Waals surface area contributed by atoms with Gasteiger partial charge in [-0.25, -0.2) is 0 Å². The molecule has 1 aromatic rings. The predicted molar refractivity (Wildman–Crippen MR) is 77.9 cm³/mol. The Hall–Kier alpha value is -1.89. The van der Waals surface area contributed by atoms with E-state index in [-0.39, 0.29) is 18.7 Å². The zero-order valence-electron chi connectivity index (χ0n) is 11.8. The third kappa shape index (κ3) is 4.04. The minimum absolute atomic E-state index is 0.0173. The Morgan fingerprint density at radius 3 is 2.90 bits per heavy atom. The van der Waals surface area contributed by atoms with Crippen LogP contribution in [-0.4, -0.2) is 40.4 Å². The molecule has 2 amide bonds. The van der Waals surface area contributed by atoms with Gasteiger partial charge in [0.2, 0.25) is 11.8 Å². The van der Waals surface area contributed by atoms with Gasteiger partial charge in [0.1, 0.15) is 6.04 Å². The zero-order valence-corrected chi connectivity index (χ0v) is 12.6. The van der Waals surface area contributed by atoms with E-state index in [0.29, 0.717) is 13.1 Å². The predicted octanol–water partition coefficient (Wildman–Crippen LogP) is 1.00. The fourth-order valence-corrected chi connectivity index (χ4v) is 3.10. The molecule has 0 spiro atoms. The van der Waals surface area contributed by atoms with Crippen LogP contribution in [0.1, 0.15) is 30.2 Å². The first-order valence-corrected chi connectivity index (χ1v) is 7.70. The van der Waals surface area contributed by atoms with Crippen molar-refractivity contribution in [2.24, 2.45) is 0 Å². The molecule has 0 saturated carbocycles. The number of aliphatic carboxylic acids is 1. The van der Waals surface area contributed by atoms with Crippen molar-refractivity contribution in [1.29, 1.82) is 0 Å². The molecule has 114 valence electrons. The highest BCUT2D eigenvalue weighted by molar-refractivity contribution is 7.10. The van der Waals surface area contributed by atoms with Crippen molar-refractivity contribution in [2.75, 3.05) is 6.54 Å². The summed E-state index contributed by atoms with van der Waals surface area (Å²) in [6.07, 6.45) is 0.988. The second-order valence-electron chi connectivity index (χ2n) is 5.06. The Kier molecular flexibility index (Phi) is 4.95. The van der Waals surface area contributed by atoms with Crippen molar-refractivity contribution in [3.8, 4) is 0 Å². The van der Waals surface area contributed by atoms with Crippen LogP contribution in [0.5, 0.6) is 0 Å². The lowest BCUT2D eigenvalue weighted by Gasteiger charge is -2.27. The van der Waals surface area contributed by atoms with Crippen LogP contribution >= 0.6 is 11.3 Å². The van der Waals surface area contributed by atoms with E-state index in [1.807, 2.05) is 11.4 Å². The van der Waals surface area contributed by atoms with Gasteiger partial charge in [0, 0.05) is 30.8 Å². The lowest BCUT2D eigenvalue weighted by molar-refractivity contribution is -0.141. The van der Waals surface area contributed by atoms with E-state index >= 15 is 0 Å². The van der Waals surface area contributed by atoms with Gasteiger partial charge in [-0.15, -0.1) is 11.3 Å². The van der Waals surface area contributed by atoms with Crippen molar-refractivity contribution in [1.82, 2.24) is 10.2 Å². The van der Waals surface area contributed by atoms with Crippen molar-refractivity contribution < 1.29 is 19.5 Å². The molecule has 0 fully saturated rings. The monoisotopic (exact) mass is 310 g/mol. The fraction of sp³-hybridized carbons (Fsp3) is 0.500. The first-order chi connectivity index (χ1) is 9.97. The van der Waals surface area contributed by atoms with Gasteiger partial charge >= 0.3 is 5.97 Å². The van der Waals surface area contributed by atoms with E-state index in [1.54, 1.807) is 16.2 Å². The molecule has 0 bridgehead atoms. The van der Waals surface area contributed by atoms with Gasteiger partial charge in [-0.05, 0) is 30.4 Å². The highest BCUT2D eigenvalue weighted by Crippen LogP contribution is 2.24. The van der Waals surface area contributed by atoms with Crippen molar-refractivity contribution in [2.45, 2.75) is 38.8 Å². The number of carbonyl (C=O) groups excluding carboxylic acids is 2. The molecule has 21 heavy (non-hydrogen) atoms. The van der Waals surface area contributed by atoms with Crippen LogP contribution in [0.3, 0.4) is 0 Å². The quantitative estimate of drug-likeness (QED) is 0.849. The number of rotatable bonds is 5. The number of hydrogen-bond acceptors (Lipinski definition) is 4. The summed E-state index contributed by atoms with van der Waals surface area (Å²) in [6, 6.07) is 1.09. The standard InChI is InChI=1S/C14H18N2O4S/c1-9(14(19)20)15-12(17)2-3-13(18)16-6-4-11-10(8-16)5-7-21-11/h5,7,9H,2-4,6,8H2,1H3,(H,15,17)(H,19,20). The van der Waals surface area contributed by atoms with Gasteiger partial charge in [0.05, 0.1) is 0 Å². The van der Waals surface area contributed by atoms with Crippen LogP contribution in [-0.2, 0) is 27.3 Å². The van der Waals surface area contributed by atoms with Gasteiger partial charge in [-0.3, -0.25) is 14.4 Å². The summed E-state index contributed by atoms with van der Waals surface area (Å²) >= 11 is 1.71. The van der Waals surface area contributed by atoms with Gasteiger partial charge < -0.3 is 15.3 Å². The Balaban J connectivity index is 1.78. The Labute approximate surface area is 126 Å². The minimum Gasteiger partial charge on any atom is -0.480 e. The average Bonchev–Trinajstić information content (AvgIpc) is 2.91. The summed E-state index contributed by atoms with van der Waals surface area (Å²) in [4.78, 5) is 37.3. The second-order valence-corrected chi connectivity index (χ2v) is 6.06. The Bertz CT molecular complexity index is 555. The van der Waals surface area contributed by atoms with E-state index in [0.717, 1.165) is 6.42 Å². The van der Waals surface area contributed by atoms with Crippen LogP contribution in [0, 0.1) is 0 Å². The van der Waals surface area contributed by atoms with E-state index < -0.39 is 17.9 Å². The number of carbonyl (C=O) groups is 3. The summed E-state index contributed by atoms with van der Waals surface area (Å²) < 4.78 is 0. The highest BCUT2D eigenvalue weighted by atomic mass is 32.1. The summed E-state index contributed by atoms with van der Waals surface area (Å²) in [7, 11) is 0. The molecular weight excluding hydrogens is 292 g/mol. The van der Waals surface area contributed by atoms with Crippen LogP contribution < -0.4 is 5.32 Å². The summed E-state index contributed by atoms with van der Waals surface area (Å²) in [5, 5.41) is 13.1. The number of nitrogens with zero attached hydrogens (tertiary/aromatic N) is 1. The zero-order chi connectivity index (χ0) is 15.4. The van der Waals surface area contributed by atoms with Crippen molar-refractivity contribution in [3.05, 3.63) is 21.9 Å². The molecule has 6 nitrogen and oxygen atoms in total. The molecule has 2 N–H and O–H groups in total. The molecule has 7 heteroatoms. The molecule has 0 saturated heterocycles. The lowest BCUT2D eigenvalue weighted by Crippen LogP contribution is -2.39. The molecule has 2 heterocycles. The maximum atomic E-state index is 12.1. The van der Waals surface area contributed by atoms with Crippen molar-refractivity contribution in [3.63, 3.8) is 0 Å². The topological polar surface area (TPSA) is 86.7 Å². The maximum absolute atomic E-state index is 12.1. The average molecular weight is 310 g/mol. The molecule has 1 aromatic heterocycles. The van der Waals surface area contributed by atoms with Crippen molar-refractivity contribution >= 4 is 29.1 Å². The Morgan fingerprint density at radius 1 is 1.43 bits per heavy atom. The second kappa shape index (κ2) is 6.71. The van der Waals surface area contributed by atoms with Gasteiger partial charge in [-0.2, -0.15) is 0 Å². The molecule has 0 radical (unpaired) electrons. The lowest BCUT2D eigenvalue weighted by atomic mass is 10.1. The molecule has 1 atom stereocenters. The van der Waals surface area contributed by atoms with Gasteiger partial charge in [0.25, 0.3) is 0 Å². The summed E-state index contributed by atoms with van der Waals surface area (Å²) in [6.45, 7) is 2.68. The number of carboxylic acid groups (broad SMARTS) is 1. The largest absolute Gasteiger partial charge is 0.480 e. The fourth-order valence-electron chi connectivity index (χ4n) is 2.22. The molecule has 0 aromatic carbocycles. The van der Waals surface area contributed by atoms with Crippen LogP contribution in [0.4, 0.5) is 0 Å². The van der Waals surface area contributed by atoms with Crippen LogP contribution in [0.2, 0.25) is 0 Å². The van der Waals surface area contributed by atoms with Gasteiger partial charge in [0.15, 0.2) is 0 Å². The van der Waals surface area contributed by atoms with E-state index in [1.165, 1.54) is 17.4 Å². The SMILES string of the molecule is CC(NC(=O)CCC(=O)N1CCc2sccc2C1)C(=O)O. The van der Waals surface area contributed by atoms with E-state index in [2.05, 4.69) is 5.32 Å². The van der Waals surface area contributed by atoms with Gasteiger partial charge in [-0.1, -0.05) is 0 Å². The summed E-state index contributed by atoms with van der Waals surface area (Å²) in [5.41, 5.74) is 1.18. The van der Waals surface area contributed by atoms with Crippen LogP contribution in [0.15, 0.2) is 11.4 Å². The first kappa shape index (κ1) is 15.5. The number of amides is 2. The molecular formula is C14H18N2O4S. The third-order valence-corrected chi connectivity index (χ3v) is 4.50. The van der Waals surface area contributed by atoms with E-state index in [4.69, 9.17) is 5.11 Å². The highest BCUT2D eigenvalue weighted by Gasteiger charge is 2.22. The van der Waals surface area contributed by atoms with E-state index in [9.17, 15) is 14.4 Å². The first-order valence-electron chi connectivity index (χ1n) is 6.82. The molecule has 1 aliphatic rings. The van der Waals surface area contributed by atoms with Crippen LogP contribution in [0.25, 0.3) is 0 Å². The maximum Gasteiger partial charge on any atom is 0.325 e. The minimum atomic E-state index is -1.09. The number of fused-ring (bicyclic) bond motifs is 1. The number of thiophene rings is 1. The number of hydrogen-bond donors (Lipinski definition) is 2. The molecule has 1 unspecified atom stereocenters. The normalized spacial score (nSPS) is 15.2. The summed E-state index contributed by atoms with van der Waals surface area (Å²) in [5.74, 6) is -1.56. The molecule has 1 aliphatic heterocycles.